The zero-order valence-corrected chi connectivity index (χ0v) is 16.8. The molecule has 0 aliphatic heterocycles. The van der Waals surface area contributed by atoms with E-state index in [1.54, 1.807) is 17.5 Å². The Morgan fingerprint density at radius 1 is 1.33 bits per heavy atom. The lowest BCUT2D eigenvalue weighted by molar-refractivity contribution is -0.120. The van der Waals surface area contributed by atoms with E-state index in [1.165, 1.54) is 4.88 Å². The van der Waals surface area contributed by atoms with Crippen molar-refractivity contribution >= 4 is 34.5 Å². The molecule has 0 saturated heterocycles. The number of benzene rings is 1. The Labute approximate surface area is 167 Å². The van der Waals surface area contributed by atoms with Gasteiger partial charge in [0.05, 0.1) is 16.4 Å². The van der Waals surface area contributed by atoms with E-state index in [1.807, 2.05) is 44.3 Å². The Hall–Kier alpha value is -2.24. The maximum absolute atomic E-state index is 12.8. The van der Waals surface area contributed by atoms with Crippen molar-refractivity contribution in [3.05, 3.63) is 63.4 Å². The minimum Gasteiger partial charge on any atom is -0.324 e. The average molecular weight is 398 g/mol. The van der Waals surface area contributed by atoms with Crippen LogP contribution in [0.15, 0.2) is 36.7 Å². The smallest absolute Gasteiger partial charge is 0.227 e. The highest BCUT2D eigenvalue weighted by Gasteiger charge is 2.28. The Morgan fingerprint density at radius 3 is 2.93 bits per heavy atom. The highest BCUT2D eigenvalue weighted by atomic mass is 35.5. The van der Waals surface area contributed by atoms with E-state index >= 15 is 0 Å². The topological polar surface area (TPSA) is 54.9 Å². The van der Waals surface area contributed by atoms with Gasteiger partial charge in [-0.05, 0) is 62.4 Å². The number of fused-ring (bicyclic) bond motifs is 1. The maximum Gasteiger partial charge on any atom is 0.227 e. The second-order valence-corrected chi connectivity index (χ2v) is 8.49. The van der Waals surface area contributed by atoms with E-state index in [0.717, 1.165) is 52.3 Å². The number of amides is 1. The Balaban J connectivity index is 1.51. The first-order valence-electron chi connectivity index (χ1n) is 8.98. The first-order chi connectivity index (χ1) is 13.0. The molecule has 1 N–H and O–H groups in total. The van der Waals surface area contributed by atoms with Crippen molar-refractivity contribution < 1.29 is 4.79 Å². The maximum atomic E-state index is 12.8. The molecular weight excluding hydrogens is 378 g/mol. The van der Waals surface area contributed by atoms with Gasteiger partial charge in [-0.3, -0.25) is 9.78 Å². The van der Waals surface area contributed by atoms with Crippen LogP contribution in [-0.2, 0) is 17.6 Å². The molecule has 1 aliphatic rings. The van der Waals surface area contributed by atoms with Gasteiger partial charge in [0.2, 0.25) is 5.91 Å². The van der Waals surface area contributed by atoms with Crippen LogP contribution in [0.3, 0.4) is 0 Å². The fraction of sp³-hybridized carbons (Fsp3) is 0.286. The van der Waals surface area contributed by atoms with Crippen molar-refractivity contribution in [3.63, 3.8) is 0 Å². The van der Waals surface area contributed by atoms with Crippen molar-refractivity contribution in [2.24, 2.45) is 5.92 Å². The summed E-state index contributed by atoms with van der Waals surface area (Å²) < 4.78 is 0. The normalized spacial score (nSPS) is 16.0. The summed E-state index contributed by atoms with van der Waals surface area (Å²) in [5, 5.41) is 4.62. The highest BCUT2D eigenvalue weighted by molar-refractivity contribution is 7.15. The van der Waals surface area contributed by atoms with Gasteiger partial charge in [0.25, 0.3) is 0 Å². The molecule has 4 rings (SSSR count). The van der Waals surface area contributed by atoms with Crippen LogP contribution in [0.4, 0.5) is 5.69 Å². The van der Waals surface area contributed by atoms with E-state index in [9.17, 15) is 4.79 Å². The van der Waals surface area contributed by atoms with Crippen LogP contribution < -0.4 is 5.32 Å². The Bertz CT molecular complexity index is 977. The molecule has 0 spiro atoms. The summed E-state index contributed by atoms with van der Waals surface area (Å²) in [6.45, 7) is 3.97. The van der Waals surface area contributed by atoms with Gasteiger partial charge in [0.1, 0.15) is 5.01 Å². The number of nitrogens with one attached hydrogen (secondary N) is 1. The predicted molar refractivity (Wildman–Crippen MR) is 110 cm³/mol. The van der Waals surface area contributed by atoms with Gasteiger partial charge in [-0.2, -0.15) is 0 Å². The molecule has 1 amide bonds. The summed E-state index contributed by atoms with van der Waals surface area (Å²) in [6.07, 6.45) is 5.94. The van der Waals surface area contributed by atoms with Crippen LogP contribution in [0.2, 0.25) is 5.02 Å². The lowest BCUT2D eigenvalue weighted by atomic mass is 9.90. The quantitative estimate of drug-likeness (QED) is 0.659. The molecule has 3 aromatic rings. The lowest BCUT2D eigenvalue weighted by Crippen LogP contribution is -2.28. The average Bonchev–Trinajstić information content (AvgIpc) is 3.08. The van der Waals surface area contributed by atoms with E-state index in [2.05, 4.69) is 10.3 Å². The molecule has 4 nitrogen and oxygen atoms in total. The number of hydrogen-bond donors (Lipinski definition) is 1. The van der Waals surface area contributed by atoms with Gasteiger partial charge in [0.15, 0.2) is 0 Å². The zero-order valence-electron chi connectivity index (χ0n) is 15.3. The number of halogens is 1. The van der Waals surface area contributed by atoms with Crippen molar-refractivity contribution in [3.8, 4) is 10.6 Å². The van der Waals surface area contributed by atoms with Gasteiger partial charge in [-0.25, -0.2) is 4.98 Å². The summed E-state index contributed by atoms with van der Waals surface area (Å²) in [5.74, 6) is -0.0256. The van der Waals surface area contributed by atoms with Crippen LogP contribution in [0, 0.1) is 19.8 Å². The number of anilines is 1. The third kappa shape index (κ3) is 3.75. The van der Waals surface area contributed by atoms with Crippen molar-refractivity contribution in [1.29, 1.82) is 0 Å². The standard InChI is InChI=1S/C21H20ClN3OS/c1-12-8-13(2)19(16(22)9-12)25-20(26)14-5-6-17-18(10-14)27-21(24-17)15-4-3-7-23-11-15/h3-4,7-9,11,14H,5-6,10H2,1-2H3,(H,25,26). The molecular formula is C21H20ClN3OS. The minimum atomic E-state index is -0.0588. The third-order valence-corrected chi connectivity index (χ3v) is 6.37. The van der Waals surface area contributed by atoms with E-state index in [4.69, 9.17) is 16.6 Å². The minimum absolute atomic E-state index is 0.0332. The lowest BCUT2D eigenvalue weighted by Gasteiger charge is -2.21. The largest absolute Gasteiger partial charge is 0.324 e. The fourth-order valence-electron chi connectivity index (χ4n) is 3.51. The molecule has 1 unspecified atom stereocenters. The molecule has 6 heteroatoms. The molecule has 0 bridgehead atoms. The third-order valence-electron chi connectivity index (χ3n) is 4.90. The van der Waals surface area contributed by atoms with Crippen LogP contribution >= 0.6 is 22.9 Å². The molecule has 1 aliphatic carbocycles. The number of pyridine rings is 1. The van der Waals surface area contributed by atoms with Gasteiger partial charge in [-0.15, -0.1) is 11.3 Å². The zero-order chi connectivity index (χ0) is 19.0. The number of aromatic nitrogens is 2. The monoisotopic (exact) mass is 397 g/mol. The Morgan fingerprint density at radius 2 is 2.19 bits per heavy atom. The summed E-state index contributed by atoms with van der Waals surface area (Å²) in [5.41, 5.74) is 4.94. The predicted octanol–water partition coefficient (Wildman–Crippen LogP) is 5.22. The second-order valence-electron chi connectivity index (χ2n) is 7.00. The van der Waals surface area contributed by atoms with Crippen LogP contribution in [0.5, 0.6) is 0 Å². The molecule has 0 radical (unpaired) electrons. The molecule has 27 heavy (non-hydrogen) atoms. The molecule has 2 aromatic heterocycles. The summed E-state index contributed by atoms with van der Waals surface area (Å²) in [4.78, 5) is 23.0. The number of aryl methyl sites for hydroxylation is 3. The van der Waals surface area contributed by atoms with Crippen LogP contribution in [-0.4, -0.2) is 15.9 Å². The van der Waals surface area contributed by atoms with E-state index in [-0.39, 0.29) is 11.8 Å². The van der Waals surface area contributed by atoms with E-state index in [0.29, 0.717) is 5.02 Å². The number of carbonyl (C=O) groups is 1. The highest BCUT2D eigenvalue weighted by Crippen LogP contribution is 2.35. The van der Waals surface area contributed by atoms with Crippen molar-refractivity contribution in [2.75, 3.05) is 5.32 Å². The first-order valence-corrected chi connectivity index (χ1v) is 10.2. The van der Waals surface area contributed by atoms with Crippen molar-refractivity contribution in [2.45, 2.75) is 33.1 Å². The number of thiazole rings is 1. The first kappa shape index (κ1) is 18.1. The van der Waals surface area contributed by atoms with Crippen LogP contribution in [0.25, 0.3) is 10.6 Å². The fourth-order valence-corrected chi connectivity index (χ4v) is 5.06. The molecule has 1 aromatic carbocycles. The molecule has 2 heterocycles. The van der Waals surface area contributed by atoms with Crippen LogP contribution in [0.1, 0.15) is 28.1 Å². The van der Waals surface area contributed by atoms with Gasteiger partial charge in [-0.1, -0.05) is 17.7 Å². The molecule has 138 valence electrons. The number of hydrogen-bond acceptors (Lipinski definition) is 4. The van der Waals surface area contributed by atoms with Gasteiger partial charge < -0.3 is 5.32 Å². The number of carbonyl (C=O) groups excluding carboxylic acids is 1. The number of rotatable bonds is 3. The van der Waals surface area contributed by atoms with E-state index < -0.39 is 0 Å². The summed E-state index contributed by atoms with van der Waals surface area (Å²) in [7, 11) is 0. The number of nitrogens with zero attached hydrogens (tertiary/aromatic N) is 2. The summed E-state index contributed by atoms with van der Waals surface area (Å²) in [6, 6.07) is 7.85. The van der Waals surface area contributed by atoms with Gasteiger partial charge in [0, 0.05) is 28.8 Å². The molecule has 0 saturated carbocycles. The van der Waals surface area contributed by atoms with Crippen molar-refractivity contribution in [1.82, 2.24) is 9.97 Å². The summed E-state index contributed by atoms with van der Waals surface area (Å²) >= 11 is 8.01. The van der Waals surface area contributed by atoms with Gasteiger partial charge >= 0.3 is 0 Å². The second kappa shape index (κ2) is 7.41. The molecule has 0 fully saturated rings. The SMILES string of the molecule is Cc1cc(C)c(NC(=O)C2CCc3nc(-c4cccnc4)sc3C2)c(Cl)c1. The Kier molecular flexibility index (Phi) is 4.98. The molecule has 1 atom stereocenters.